The Hall–Kier alpha value is -1.30. The van der Waals surface area contributed by atoms with Gasteiger partial charge in [0.1, 0.15) is 0 Å². The van der Waals surface area contributed by atoms with Crippen LogP contribution >= 0.6 is 0 Å². The van der Waals surface area contributed by atoms with E-state index in [1.54, 1.807) is 7.05 Å². The number of nitrogens with zero attached hydrogens (tertiary/aromatic N) is 1. The number of rotatable bonds is 10. The van der Waals surface area contributed by atoms with Gasteiger partial charge in [0, 0.05) is 45.8 Å². The van der Waals surface area contributed by atoms with Crippen molar-refractivity contribution in [3.63, 3.8) is 0 Å². The second kappa shape index (κ2) is 10.4. The molecule has 0 aliphatic heterocycles. The zero-order valence-electron chi connectivity index (χ0n) is 13.6. The minimum absolute atomic E-state index is 0.0260. The Kier molecular flexibility index (Phi) is 8.82. The fourth-order valence-electron chi connectivity index (χ4n) is 1.71. The maximum Gasteiger partial charge on any atom is 0.222 e. The number of ether oxygens (including phenoxy) is 1. The predicted octanol–water partition coefficient (Wildman–Crippen LogP) is 0.740. The Morgan fingerprint density at radius 2 is 1.86 bits per heavy atom. The lowest BCUT2D eigenvalue weighted by atomic mass is 10.2. The van der Waals surface area contributed by atoms with Crippen LogP contribution in [0.4, 0.5) is 0 Å². The highest BCUT2D eigenvalue weighted by Gasteiger charge is 2.20. The van der Waals surface area contributed by atoms with Crippen LogP contribution in [-0.4, -0.2) is 51.8 Å². The summed E-state index contributed by atoms with van der Waals surface area (Å²) >= 11 is 0. The molecule has 1 amide bonds. The average Bonchev–Trinajstić information content (AvgIpc) is 3.28. The number of carbonyl (C=O) groups is 1. The van der Waals surface area contributed by atoms with Gasteiger partial charge in [0.05, 0.1) is 0 Å². The predicted molar refractivity (Wildman–Crippen MR) is 85.4 cm³/mol. The molecule has 0 bridgehead atoms. The van der Waals surface area contributed by atoms with Gasteiger partial charge in [-0.3, -0.25) is 9.79 Å². The van der Waals surface area contributed by atoms with Gasteiger partial charge in [-0.05, 0) is 25.2 Å². The van der Waals surface area contributed by atoms with Gasteiger partial charge in [-0.15, -0.1) is 0 Å². The molecule has 6 nitrogen and oxygen atoms in total. The molecular formula is C15H30N4O2. The Morgan fingerprint density at radius 3 is 2.48 bits per heavy atom. The van der Waals surface area contributed by atoms with Crippen LogP contribution in [0.1, 0.15) is 33.1 Å². The lowest BCUT2D eigenvalue weighted by molar-refractivity contribution is -0.123. The van der Waals surface area contributed by atoms with E-state index in [0.29, 0.717) is 13.1 Å². The van der Waals surface area contributed by atoms with Crippen LogP contribution in [0, 0.1) is 11.8 Å². The van der Waals surface area contributed by atoms with E-state index in [4.69, 9.17) is 4.74 Å². The number of nitrogens with one attached hydrogen (secondary N) is 3. The van der Waals surface area contributed by atoms with Crippen LogP contribution in [-0.2, 0) is 9.53 Å². The van der Waals surface area contributed by atoms with Crippen LogP contribution < -0.4 is 16.0 Å². The molecule has 0 aromatic carbocycles. The molecule has 1 saturated carbocycles. The molecule has 3 N–H and O–H groups in total. The lowest BCUT2D eigenvalue weighted by Crippen LogP contribution is -2.42. The van der Waals surface area contributed by atoms with Crippen molar-refractivity contribution >= 4 is 11.9 Å². The first-order valence-corrected chi connectivity index (χ1v) is 7.93. The van der Waals surface area contributed by atoms with Crippen molar-refractivity contribution in [3.05, 3.63) is 0 Å². The fourth-order valence-corrected chi connectivity index (χ4v) is 1.71. The zero-order chi connectivity index (χ0) is 15.5. The number of carbonyl (C=O) groups excluding carboxylic acids is 1. The largest absolute Gasteiger partial charge is 0.381 e. The molecule has 21 heavy (non-hydrogen) atoms. The average molecular weight is 298 g/mol. The molecule has 1 rings (SSSR count). The van der Waals surface area contributed by atoms with Crippen LogP contribution in [0.2, 0.25) is 0 Å². The highest BCUT2D eigenvalue weighted by Crippen LogP contribution is 2.28. The molecule has 1 aliphatic carbocycles. The van der Waals surface area contributed by atoms with Crippen molar-refractivity contribution in [2.75, 3.05) is 39.9 Å². The number of hydrogen-bond acceptors (Lipinski definition) is 3. The molecule has 0 spiro atoms. The third-order valence-corrected chi connectivity index (χ3v) is 3.27. The van der Waals surface area contributed by atoms with Crippen LogP contribution in [0.5, 0.6) is 0 Å². The van der Waals surface area contributed by atoms with Crippen LogP contribution in [0.15, 0.2) is 4.99 Å². The molecule has 1 aliphatic rings. The Labute approximate surface area is 128 Å². The van der Waals surface area contributed by atoms with Crippen LogP contribution in [0.3, 0.4) is 0 Å². The molecule has 0 aromatic rings. The molecule has 0 saturated heterocycles. The van der Waals surface area contributed by atoms with Gasteiger partial charge in [-0.2, -0.15) is 0 Å². The van der Waals surface area contributed by atoms with Crippen molar-refractivity contribution in [1.82, 2.24) is 16.0 Å². The van der Waals surface area contributed by atoms with Crippen molar-refractivity contribution in [2.45, 2.75) is 33.1 Å². The topological polar surface area (TPSA) is 74.8 Å². The van der Waals surface area contributed by atoms with E-state index in [1.165, 1.54) is 12.8 Å². The Balaban J connectivity index is 1.94. The standard InChI is InChI=1S/C15H30N4O2/c1-12(2)14(20)17-8-9-19-15(16-3)18-7-4-10-21-11-13-5-6-13/h12-13H,4-11H2,1-3H3,(H,17,20)(H2,16,18,19). The quantitative estimate of drug-likeness (QED) is 0.316. The number of amides is 1. The minimum Gasteiger partial charge on any atom is -0.381 e. The summed E-state index contributed by atoms with van der Waals surface area (Å²) in [5.41, 5.74) is 0. The first-order chi connectivity index (χ1) is 10.1. The summed E-state index contributed by atoms with van der Waals surface area (Å²) in [7, 11) is 1.74. The summed E-state index contributed by atoms with van der Waals surface area (Å²) in [4.78, 5) is 15.5. The van der Waals surface area contributed by atoms with E-state index in [0.717, 1.165) is 38.1 Å². The van der Waals surface area contributed by atoms with Crippen molar-refractivity contribution in [2.24, 2.45) is 16.8 Å². The summed E-state index contributed by atoms with van der Waals surface area (Å²) in [6, 6.07) is 0. The van der Waals surface area contributed by atoms with E-state index < -0.39 is 0 Å². The third kappa shape index (κ3) is 9.28. The van der Waals surface area contributed by atoms with E-state index in [9.17, 15) is 4.79 Å². The molecule has 0 aromatic heterocycles. The normalized spacial score (nSPS) is 15.1. The molecule has 0 atom stereocenters. The minimum atomic E-state index is 0.0260. The number of guanidine groups is 1. The Bertz CT molecular complexity index is 328. The van der Waals surface area contributed by atoms with E-state index in [-0.39, 0.29) is 11.8 Å². The van der Waals surface area contributed by atoms with Gasteiger partial charge in [0.25, 0.3) is 0 Å². The van der Waals surface area contributed by atoms with E-state index in [1.807, 2.05) is 13.8 Å². The SMILES string of the molecule is CN=C(NCCCOCC1CC1)NCCNC(=O)C(C)C. The van der Waals surface area contributed by atoms with Crippen molar-refractivity contribution in [1.29, 1.82) is 0 Å². The van der Waals surface area contributed by atoms with E-state index in [2.05, 4.69) is 20.9 Å². The van der Waals surface area contributed by atoms with Gasteiger partial charge in [-0.1, -0.05) is 13.8 Å². The van der Waals surface area contributed by atoms with Gasteiger partial charge in [-0.25, -0.2) is 0 Å². The van der Waals surface area contributed by atoms with Crippen LogP contribution in [0.25, 0.3) is 0 Å². The summed E-state index contributed by atoms with van der Waals surface area (Å²) < 4.78 is 5.57. The smallest absolute Gasteiger partial charge is 0.222 e. The highest BCUT2D eigenvalue weighted by molar-refractivity contribution is 5.80. The lowest BCUT2D eigenvalue weighted by Gasteiger charge is -2.13. The first kappa shape index (κ1) is 17.8. The maximum atomic E-state index is 11.4. The maximum absolute atomic E-state index is 11.4. The van der Waals surface area contributed by atoms with Gasteiger partial charge in [0.2, 0.25) is 5.91 Å². The summed E-state index contributed by atoms with van der Waals surface area (Å²) in [6.07, 6.45) is 3.64. The molecule has 0 radical (unpaired) electrons. The summed E-state index contributed by atoms with van der Waals surface area (Å²) in [5, 5.41) is 9.25. The second-order valence-electron chi connectivity index (χ2n) is 5.74. The molecule has 0 unspecified atom stereocenters. The summed E-state index contributed by atoms with van der Waals surface area (Å²) in [6.45, 7) is 7.58. The first-order valence-electron chi connectivity index (χ1n) is 7.93. The molecule has 6 heteroatoms. The van der Waals surface area contributed by atoms with Gasteiger partial charge < -0.3 is 20.7 Å². The number of hydrogen-bond donors (Lipinski definition) is 3. The summed E-state index contributed by atoms with van der Waals surface area (Å²) in [5.74, 6) is 1.69. The third-order valence-electron chi connectivity index (χ3n) is 3.27. The van der Waals surface area contributed by atoms with Gasteiger partial charge in [0.15, 0.2) is 5.96 Å². The van der Waals surface area contributed by atoms with Crippen molar-refractivity contribution < 1.29 is 9.53 Å². The molecule has 122 valence electrons. The fraction of sp³-hybridized carbons (Fsp3) is 0.867. The van der Waals surface area contributed by atoms with Gasteiger partial charge >= 0.3 is 0 Å². The Morgan fingerprint density at radius 1 is 1.19 bits per heavy atom. The molecule has 1 fully saturated rings. The molecule has 0 heterocycles. The van der Waals surface area contributed by atoms with Crippen molar-refractivity contribution in [3.8, 4) is 0 Å². The monoisotopic (exact) mass is 298 g/mol. The van der Waals surface area contributed by atoms with E-state index >= 15 is 0 Å². The second-order valence-corrected chi connectivity index (χ2v) is 5.74. The number of aliphatic imine (C=N–C) groups is 1. The molecular weight excluding hydrogens is 268 g/mol. The zero-order valence-corrected chi connectivity index (χ0v) is 13.6. The highest BCUT2D eigenvalue weighted by atomic mass is 16.5.